The Kier molecular flexibility index (Phi) is 3.10. The number of nitrogens with zero attached hydrogens (tertiary/aromatic N) is 4. The lowest BCUT2D eigenvalue weighted by Gasteiger charge is -2.37. The number of H-pyrrole nitrogens is 1. The molecule has 3 aromatic rings. The summed E-state index contributed by atoms with van der Waals surface area (Å²) < 4.78 is 25.5. The third kappa shape index (κ3) is 2.36. The Morgan fingerprint density at radius 2 is 2.04 bits per heavy atom. The second kappa shape index (κ2) is 5.15. The molecule has 0 radical (unpaired) electrons. The van der Waals surface area contributed by atoms with Crippen molar-refractivity contribution in [3.05, 3.63) is 48.0 Å². The molecule has 4 rings (SSSR count). The van der Waals surface area contributed by atoms with E-state index in [1.165, 1.54) is 6.07 Å². The lowest BCUT2D eigenvalue weighted by atomic mass is 9.99. The van der Waals surface area contributed by atoms with Gasteiger partial charge in [-0.1, -0.05) is 12.1 Å². The van der Waals surface area contributed by atoms with Crippen LogP contribution in [-0.4, -0.2) is 43.6 Å². The molecule has 1 aliphatic heterocycles. The molecule has 0 spiro atoms. The van der Waals surface area contributed by atoms with Crippen molar-refractivity contribution < 1.29 is 13.6 Å². The number of aromatic nitrogens is 4. The predicted octanol–water partition coefficient (Wildman–Crippen LogP) is 2.39. The van der Waals surface area contributed by atoms with Crippen LogP contribution in [0.5, 0.6) is 0 Å². The van der Waals surface area contributed by atoms with Crippen LogP contribution < -0.4 is 0 Å². The van der Waals surface area contributed by atoms with Crippen LogP contribution in [0.3, 0.4) is 0 Å². The molecule has 1 saturated heterocycles. The van der Waals surface area contributed by atoms with Crippen LogP contribution in [0.15, 0.2) is 36.5 Å². The topological polar surface area (TPSA) is 66.8 Å². The van der Waals surface area contributed by atoms with Crippen molar-refractivity contribution in [2.24, 2.45) is 0 Å². The molecule has 8 heteroatoms. The maximum absolute atomic E-state index is 12.5. The number of hydrogen-bond acceptors (Lipinski definition) is 3. The Balaban J connectivity index is 1.45. The molecule has 6 nitrogen and oxygen atoms in total. The number of hydrogen-bond donors (Lipinski definition) is 1. The molecular formula is C15H13F2N5O. The smallest absolute Gasteiger partial charge is 0.333 e. The third-order valence-corrected chi connectivity index (χ3v) is 3.99. The van der Waals surface area contributed by atoms with E-state index in [0.29, 0.717) is 17.8 Å². The zero-order chi connectivity index (χ0) is 16.0. The molecule has 23 heavy (non-hydrogen) atoms. The number of nitrogens with one attached hydrogen (secondary N) is 1. The lowest BCUT2D eigenvalue weighted by molar-refractivity contribution is 0.0521. The number of benzene rings is 1. The fraction of sp³-hybridized carbons (Fsp3) is 0.267. The Hall–Kier alpha value is -2.77. The molecular weight excluding hydrogens is 304 g/mol. The summed E-state index contributed by atoms with van der Waals surface area (Å²) >= 11 is 0. The highest BCUT2D eigenvalue weighted by molar-refractivity contribution is 5.93. The first-order chi connectivity index (χ1) is 11.1. The third-order valence-electron chi connectivity index (χ3n) is 3.99. The normalized spacial score (nSPS) is 15.3. The SMILES string of the molecule is O=C(c1ccn(C(F)F)n1)N1CC(c2nc3ccccc3[nH]2)C1. The fourth-order valence-corrected chi connectivity index (χ4v) is 2.71. The van der Waals surface area contributed by atoms with Crippen molar-refractivity contribution in [1.29, 1.82) is 0 Å². The van der Waals surface area contributed by atoms with Gasteiger partial charge < -0.3 is 9.88 Å². The van der Waals surface area contributed by atoms with E-state index >= 15 is 0 Å². The summed E-state index contributed by atoms with van der Waals surface area (Å²) in [6, 6.07) is 9.03. The van der Waals surface area contributed by atoms with Gasteiger partial charge in [0.1, 0.15) is 5.82 Å². The summed E-state index contributed by atoms with van der Waals surface area (Å²) in [5, 5.41) is 3.60. The summed E-state index contributed by atoms with van der Waals surface area (Å²) in [5.41, 5.74) is 1.89. The first kappa shape index (κ1) is 13.9. The molecule has 118 valence electrons. The molecule has 1 aliphatic rings. The molecule has 1 aromatic carbocycles. The monoisotopic (exact) mass is 317 g/mol. The number of likely N-dealkylation sites (tertiary alicyclic amines) is 1. The zero-order valence-corrected chi connectivity index (χ0v) is 12.0. The highest BCUT2D eigenvalue weighted by Gasteiger charge is 2.35. The number of fused-ring (bicyclic) bond motifs is 1. The molecule has 3 heterocycles. The van der Waals surface area contributed by atoms with E-state index in [-0.39, 0.29) is 17.5 Å². The van der Waals surface area contributed by atoms with Crippen LogP contribution in [0.1, 0.15) is 28.8 Å². The van der Waals surface area contributed by atoms with Crippen LogP contribution in [0.4, 0.5) is 8.78 Å². The van der Waals surface area contributed by atoms with E-state index in [4.69, 9.17) is 0 Å². The molecule has 1 fully saturated rings. The summed E-state index contributed by atoms with van der Waals surface area (Å²) in [4.78, 5) is 21.5. The van der Waals surface area contributed by atoms with E-state index in [0.717, 1.165) is 23.1 Å². The summed E-state index contributed by atoms with van der Waals surface area (Å²) in [6.45, 7) is -1.74. The standard InChI is InChI=1S/C15H13F2N5O/c16-15(17)22-6-5-12(20-22)14(23)21-7-9(8-21)13-18-10-3-1-2-4-11(10)19-13/h1-6,9,15H,7-8H2,(H,18,19). The summed E-state index contributed by atoms with van der Waals surface area (Å²) in [6.07, 6.45) is 1.11. The minimum atomic E-state index is -2.74. The number of alkyl halides is 2. The molecule has 2 aromatic heterocycles. The first-order valence-electron chi connectivity index (χ1n) is 7.19. The Labute approximate surface area is 129 Å². The maximum atomic E-state index is 12.5. The maximum Gasteiger partial charge on any atom is 0.333 e. The van der Waals surface area contributed by atoms with Gasteiger partial charge in [0.05, 0.1) is 17.0 Å². The molecule has 0 saturated carbocycles. The summed E-state index contributed by atoms with van der Waals surface area (Å²) in [7, 11) is 0. The molecule has 0 bridgehead atoms. The minimum absolute atomic E-state index is 0.0355. The number of rotatable bonds is 3. The number of amides is 1. The highest BCUT2D eigenvalue weighted by atomic mass is 19.3. The largest absolute Gasteiger partial charge is 0.342 e. The second-order valence-electron chi connectivity index (χ2n) is 5.50. The van der Waals surface area contributed by atoms with Crippen molar-refractivity contribution in [2.75, 3.05) is 13.1 Å². The van der Waals surface area contributed by atoms with Crippen LogP contribution in [0, 0.1) is 0 Å². The molecule has 1 N–H and O–H groups in total. The van der Waals surface area contributed by atoms with Crippen LogP contribution in [0.2, 0.25) is 0 Å². The molecule has 0 atom stereocenters. The number of para-hydroxylation sites is 2. The average molecular weight is 317 g/mol. The van der Waals surface area contributed by atoms with Crippen molar-refractivity contribution in [1.82, 2.24) is 24.6 Å². The Morgan fingerprint density at radius 3 is 2.74 bits per heavy atom. The van der Waals surface area contributed by atoms with E-state index in [9.17, 15) is 13.6 Å². The molecule has 1 amide bonds. The van der Waals surface area contributed by atoms with Gasteiger partial charge in [-0.15, -0.1) is 0 Å². The highest BCUT2D eigenvalue weighted by Crippen LogP contribution is 2.27. The predicted molar refractivity (Wildman–Crippen MR) is 78.2 cm³/mol. The van der Waals surface area contributed by atoms with Crippen molar-refractivity contribution >= 4 is 16.9 Å². The van der Waals surface area contributed by atoms with E-state index < -0.39 is 6.55 Å². The Morgan fingerprint density at radius 1 is 1.26 bits per heavy atom. The van der Waals surface area contributed by atoms with Crippen LogP contribution >= 0.6 is 0 Å². The number of carbonyl (C=O) groups excluding carboxylic acids is 1. The van der Waals surface area contributed by atoms with Gasteiger partial charge >= 0.3 is 6.55 Å². The fourth-order valence-electron chi connectivity index (χ4n) is 2.71. The van der Waals surface area contributed by atoms with E-state index in [2.05, 4.69) is 15.1 Å². The van der Waals surface area contributed by atoms with Gasteiger partial charge in [0.15, 0.2) is 5.69 Å². The van der Waals surface area contributed by atoms with Crippen molar-refractivity contribution in [3.63, 3.8) is 0 Å². The van der Waals surface area contributed by atoms with Gasteiger partial charge in [0.25, 0.3) is 5.91 Å². The number of aromatic amines is 1. The van der Waals surface area contributed by atoms with Gasteiger partial charge in [-0.05, 0) is 18.2 Å². The van der Waals surface area contributed by atoms with Crippen molar-refractivity contribution in [2.45, 2.75) is 12.5 Å². The number of carbonyl (C=O) groups is 1. The van der Waals surface area contributed by atoms with Crippen LogP contribution in [0.25, 0.3) is 11.0 Å². The average Bonchev–Trinajstić information content (AvgIpc) is 3.12. The van der Waals surface area contributed by atoms with Crippen molar-refractivity contribution in [3.8, 4) is 0 Å². The van der Waals surface area contributed by atoms with Gasteiger partial charge in [0.2, 0.25) is 0 Å². The van der Waals surface area contributed by atoms with Gasteiger partial charge in [-0.3, -0.25) is 4.79 Å². The zero-order valence-electron chi connectivity index (χ0n) is 12.0. The lowest BCUT2D eigenvalue weighted by Crippen LogP contribution is -2.49. The van der Waals surface area contributed by atoms with E-state index in [1.807, 2.05) is 24.3 Å². The summed E-state index contributed by atoms with van der Waals surface area (Å²) in [5.74, 6) is 0.633. The van der Waals surface area contributed by atoms with Crippen LogP contribution in [-0.2, 0) is 0 Å². The Bertz CT molecular complexity index is 833. The second-order valence-corrected chi connectivity index (χ2v) is 5.50. The quantitative estimate of drug-likeness (QED) is 0.806. The van der Waals surface area contributed by atoms with Gasteiger partial charge in [-0.2, -0.15) is 13.9 Å². The van der Waals surface area contributed by atoms with E-state index in [1.54, 1.807) is 4.90 Å². The van der Waals surface area contributed by atoms with Gasteiger partial charge in [0, 0.05) is 19.3 Å². The number of imidazole rings is 1. The molecule has 0 unspecified atom stereocenters. The first-order valence-corrected chi connectivity index (χ1v) is 7.19. The number of halogens is 2. The minimum Gasteiger partial charge on any atom is -0.342 e. The van der Waals surface area contributed by atoms with Gasteiger partial charge in [-0.25, -0.2) is 9.67 Å². The molecule has 0 aliphatic carbocycles.